The molecule has 3 aromatic rings. The van der Waals surface area contributed by atoms with Crippen molar-refractivity contribution in [3.05, 3.63) is 53.0 Å². The minimum atomic E-state index is -1.02. The van der Waals surface area contributed by atoms with E-state index in [1.165, 1.54) is 12.0 Å². The van der Waals surface area contributed by atoms with Crippen molar-refractivity contribution in [2.45, 2.75) is 77.4 Å². The van der Waals surface area contributed by atoms with Gasteiger partial charge in [-0.15, -0.1) is 11.3 Å². The molecule has 33 heavy (non-hydrogen) atoms. The molecule has 2 amide bonds. The van der Waals surface area contributed by atoms with Crippen LogP contribution in [0.25, 0.3) is 10.2 Å². The zero-order chi connectivity index (χ0) is 23.3. The first-order chi connectivity index (χ1) is 15.8. The highest BCUT2D eigenvalue weighted by Gasteiger charge is 2.49. The second-order valence-electron chi connectivity index (χ2n) is 10.3. The number of nitrogens with zero attached hydrogens (tertiary/aromatic N) is 2. The summed E-state index contributed by atoms with van der Waals surface area (Å²) in [6, 6.07) is 12.3. The van der Waals surface area contributed by atoms with Crippen molar-refractivity contribution in [3.63, 3.8) is 0 Å². The third-order valence-electron chi connectivity index (χ3n) is 7.64. The lowest BCUT2D eigenvalue weighted by molar-refractivity contribution is -0.127. The first-order valence-corrected chi connectivity index (χ1v) is 13.0. The monoisotopic (exact) mass is 463 g/mol. The molecule has 1 N–H and O–H groups in total. The molecular formula is C27H33N3O2S. The van der Waals surface area contributed by atoms with Crippen molar-refractivity contribution in [2.75, 3.05) is 4.90 Å². The fraction of sp³-hybridized carbons (Fsp3) is 0.481. The van der Waals surface area contributed by atoms with Gasteiger partial charge in [-0.1, -0.05) is 45.7 Å². The van der Waals surface area contributed by atoms with Crippen LogP contribution in [0.4, 0.5) is 5.69 Å². The highest BCUT2D eigenvalue weighted by Crippen LogP contribution is 2.38. The van der Waals surface area contributed by atoms with E-state index in [0.717, 1.165) is 35.2 Å². The molecule has 1 aliphatic carbocycles. The second-order valence-corrected chi connectivity index (χ2v) is 11.2. The van der Waals surface area contributed by atoms with Gasteiger partial charge in [-0.3, -0.25) is 14.5 Å². The van der Waals surface area contributed by atoms with Crippen LogP contribution in [0.5, 0.6) is 0 Å². The minimum absolute atomic E-state index is 0.0646. The van der Waals surface area contributed by atoms with Crippen LogP contribution in [0.1, 0.15) is 75.3 Å². The molecule has 2 aliphatic rings. The van der Waals surface area contributed by atoms with E-state index in [-0.39, 0.29) is 17.9 Å². The predicted octanol–water partition coefficient (Wildman–Crippen LogP) is 5.94. The average molecular weight is 464 g/mol. The number of nitrogens with one attached hydrogen (secondary N) is 1. The topological polar surface area (TPSA) is 54.3 Å². The second kappa shape index (κ2) is 8.32. The van der Waals surface area contributed by atoms with Gasteiger partial charge in [0.05, 0.1) is 16.8 Å². The Kier molecular flexibility index (Phi) is 5.60. The quantitative estimate of drug-likeness (QED) is 0.521. The van der Waals surface area contributed by atoms with Gasteiger partial charge in [-0.2, -0.15) is 0 Å². The lowest BCUT2D eigenvalue weighted by atomic mass is 9.84. The Bertz CT molecular complexity index is 1190. The van der Waals surface area contributed by atoms with Gasteiger partial charge in [0.25, 0.3) is 5.91 Å². The number of rotatable bonds is 4. The molecule has 3 heterocycles. The Balaban J connectivity index is 1.57. The molecule has 1 aliphatic heterocycles. The maximum atomic E-state index is 13.9. The Hall–Kier alpha value is -2.60. The van der Waals surface area contributed by atoms with Gasteiger partial charge < -0.3 is 9.88 Å². The number of carbonyl (C=O) groups is 2. The number of anilines is 1. The van der Waals surface area contributed by atoms with Gasteiger partial charge in [-0.25, -0.2) is 0 Å². The summed E-state index contributed by atoms with van der Waals surface area (Å²) in [4.78, 5) is 29.6. The molecule has 5 rings (SSSR count). The van der Waals surface area contributed by atoms with Crippen molar-refractivity contribution in [1.82, 2.24) is 9.88 Å². The molecular weight excluding hydrogens is 430 g/mol. The lowest BCUT2D eigenvalue weighted by Crippen LogP contribution is -2.65. The van der Waals surface area contributed by atoms with Crippen LogP contribution >= 0.6 is 11.3 Å². The Morgan fingerprint density at radius 2 is 1.88 bits per heavy atom. The highest BCUT2D eigenvalue weighted by molar-refractivity contribution is 7.17. The third kappa shape index (κ3) is 3.68. The number of fused-ring (bicyclic) bond motifs is 3. The smallest absolute Gasteiger partial charge is 0.275 e. The zero-order valence-electron chi connectivity index (χ0n) is 19.9. The molecule has 1 fully saturated rings. The van der Waals surface area contributed by atoms with Crippen molar-refractivity contribution in [3.8, 4) is 0 Å². The van der Waals surface area contributed by atoms with E-state index in [2.05, 4.69) is 38.2 Å². The Morgan fingerprint density at radius 3 is 2.58 bits per heavy atom. The van der Waals surface area contributed by atoms with Gasteiger partial charge in [0.2, 0.25) is 5.91 Å². The van der Waals surface area contributed by atoms with Gasteiger partial charge in [0, 0.05) is 11.7 Å². The van der Waals surface area contributed by atoms with E-state index >= 15 is 0 Å². The molecule has 3 atom stereocenters. The molecule has 0 spiro atoms. The van der Waals surface area contributed by atoms with Crippen LogP contribution in [0.3, 0.4) is 0 Å². The maximum absolute atomic E-state index is 13.9. The number of thiophene rings is 1. The number of aromatic nitrogens is 1. The van der Waals surface area contributed by atoms with Crippen molar-refractivity contribution in [2.24, 2.45) is 5.92 Å². The van der Waals surface area contributed by atoms with Crippen LogP contribution in [0.15, 0.2) is 41.8 Å². The fourth-order valence-corrected chi connectivity index (χ4v) is 6.30. The van der Waals surface area contributed by atoms with E-state index in [4.69, 9.17) is 0 Å². The van der Waals surface area contributed by atoms with Gasteiger partial charge in [0.15, 0.2) is 0 Å². The van der Waals surface area contributed by atoms with Crippen LogP contribution in [0.2, 0.25) is 0 Å². The fourth-order valence-electron chi connectivity index (χ4n) is 5.48. The lowest BCUT2D eigenvalue weighted by Gasteiger charge is -2.45. The van der Waals surface area contributed by atoms with E-state index in [1.54, 1.807) is 16.2 Å². The Labute approximate surface area is 199 Å². The van der Waals surface area contributed by atoms with Crippen LogP contribution in [-0.2, 0) is 11.3 Å². The molecule has 1 aromatic carbocycles. The summed E-state index contributed by atoms with van der Waals surface area (Å²) in [6.07, 6.45) is 4.50. The first kappa shape index (κ1) is 22.2. The SMILES string of the molecule is CC(C)c1ccc(N2C(=O)c3cc4sccc4n3CC2(C)C(=O)NC2CCCCC2C)cc1. The molecule has 5 nitrogen and oxygen atoms in total. The summed E-state index contributed by atoms with van der Waals surface area (Å²) in [5, 5.41) is 5.39. The van der Waals surface area contributed by atoms with Crippen molar-refractivity contribution >= 4 is 39.1 Å². The first-order valence-electron chi connectivity index (χ1n) is 12.1. The molecule has 1 saturated carbocycles. The van der Waals surface area contributed by atoms with E-state index < -0.39 is 5.54 Å². The zero-order valence-corrected chi connectivity index (χ0v) is 20.7. The predicted molar refractivity (Wildman–Crippen MR) is 135 cm³/mol. The molecule has 174 valence electrons. The summed E-state index contributed by atoms with van der Waals surface area (Å²) in [6.45, 7) is 8.89. The maximum Gasteiger partial charge on any atom is 0.275 e. The third-order valence-corrected chi connectivity index (χ3v) is 8.49. The van der Waals surface area contributed by atoms with Gasteiger partial charge in [-0.05, 0) is 66.8 Å². The molecule has 0 radical (unpaired) electrons. The number of amides is 2. The summed E-state index contributed by atoms with van der Waals surface area (Å²) in [5.74, 6) is 0.680. The number of hydrogen-bond donors (Lipinski definition) is 1. The molecule has 2 aromatic heterocycles. The molecule has 6 heteroatoms. The van der Waals surface area contributed by atoms with E-state index in [0.29, 0.717) is 24.1 Å². The van der Waals surface area contributed by atoms with E-state index in [9.17, 15) is 9.59 Å². The Morgan fingerprint density at radius 1 is 1.15 bits per heavy atom. The standard InChI is InChI=1S/C27H33N3O2S/c1-17(2)19-9-11-20(12-10-19)30-25(31)23-15-24-22(13-14-33-24)29(23)16-27(30,4)26(32)28-21-8-6-5-7-18(21)3/h9-15,17-18,21H,5-8,16H2,1-4H3,(H,28,32). The normalized spacial score (nSPS) is 25.5. The summed E-state index contributed by atoms with van der Waals surface area (Å²) < 4.78 is 3.12. The van der Waals surface area contributed by atoms with Crippen LogP contribution in [0, 0.1) is 5.92 Å². The molecule has 0 saturated heterocycles. The number of carbonyl (C=O) groups excluding carboxylic acids is 2. The largest absolute Gasteiger partial charge is 0.351 e. The minimum Gasteiger partial charge on any atom is -0.351 e. The van der Waals surface area contributed by atoms with Crippen molar-refractivity contribution < 1.29 is 9.59 Å². The van der Waals surface area contributed by atoms with Gasteiger partial charge >= 0.3 is 0 Å². The summed E-state index contributed by atoms with van der Waals surface area (Å²) in [5.41, 5.74) is 2.65. The average Bonchev–Trinajstić information content (AvgIpc) is 3.38. The van der Waals surface area contributed by atoms with Crippen LogP contribution < -0.4 is 10.2 Å². The highest BCUT2D eigenvalue weighted by atomic mass is 32.1. The molecule has 3 unspecified atom stereocenters. The summed E-state index contributed by atoms with van der Waals surface area (Å²) in [7, 11) is 0. The number of benzene rings is 1. The van der Waals surface area contributed by atoms with Gasteiger partial charge in [0.1, 0.15) is 11.2 Å². The summed E-state index contributed by atoms with van der Waals surface area (Å²) >= 11 is 1.63. The van der Waals surface area contributed by atoms with Crippen molar-refractivity contribution in [1.29, 1.82) is 0 Å². The van der Waals surface area contributed by atoms with Crippen LogP contribution in [-0.4, -0.2) is 28.0 Å². The van der Waals surface area contributed by atoms with E-state index in [1.807, 2.05) is 41.1 Å². The molecule has 0 bridgehead atoms. The number of hydrogen-bond acceptors (Lipinski definition) is 3.